The number of anilines is 2. The van der Waals surface area contributed by atoms with Crippen LogP contribution in [0.15, 0.2) is 35.4 Å². The lowest BCUT2D eigenvalue weighted by atomic mass is 10.1. The van der Waals surface area contributed by atoms with Gasteiger partial charge in [-0.1, -0.05) is 11.2 Å². The Morgan fingerprint density at radius 2 is 2.35 bits per heavy atom. The molecular weight excluding hydrogens is 276 g/mol. The molecule has 8 heteroatoms. The van der Waals surface area contributed by atoms with Crippen molar-refractivity contribution < 1.29 is 4.52 Å². The van der Waals surface area contributed by atoms with Crippen LogP contribution in [0.1, 0.15) is 5.89 Å². The fourth-order valence-corrected chi connectivity index (χ4v) is 2.56. The normalized spacial score (nSPS) is 10.6. The van der Waals surface area contributed by atoms with Crippen LogP contribution in [0.4, 0.5) is 10.8 Å². The summed E-state index contributed by atoms with van der Waals surface area (Å²) in [6, 6.07) is 3.82. The van der Waals surface area contributed by atoms with Crippen LogP contribution in [0.3, 0.4) is 0 Å². The third-order valence-electron chi connectivity index (χ3n) is 2.70. The Bertz CT molecular complexity index is 667. The van der Waals surface area contributed by atoms with Gasteiger partial charge in [0.05, 0.1) is 5.56 Å². The maximum atomic E-state index is 5.93. The highest BCUT2D eigenvalue weighted by molar-refractivity contribution is 7.11. The second-order valence-corrected chi connectivity index (χ2v) is 4.80. The van der Waals surface area contributed by atoms with Crippen LogP contribution >= 0.6 is 11.5 Å². The number of hydrogen-bond acceptors (Lipinski definition) is 8. The maximum absolute atomic E-state index is 5.93. The number of rotatable bonds is 5. The van der Waals surface area contributed by atoms with E-state index in [4.69, 9.17) is 10.3 Å². The molecule has 0 aliphatic rings. The average Bonchev–Trinajstić information content (AvgIpc) is 3.10. The minimum atomic E-state index is 0.503. The van der Waals surface area contributed by atoms with Crippen LogP contribution < -0.4 is 11.1 Å². The van der Waals surface area contributed by atoms with Gasteiger partial charge in [0.2, 0.25) is 5.89 Å². The molecule has 0 radical (unpaired) electrons. The zero-order valence-corrected chi connectivity index (χ0v) is 11.3. The van der Waals surface area contributed by atoms with Crippen molar-refractivity contribution in [3.8, 4) is 11.1 Å². The van der Waals surface area contributed by atoms with Crippen molar-refractivity contribution in [2.24, 2.45) is 0 Å². The Balaban J connectivity index is 1.74. The van der Waals surface area contributed by atoms with Crippen LogP contribution in [0.25, 0.3) is 11.1 Å². The van der Waals surface area contributed by atoms with E-state index >= 15 is 0 Å². The molecule has 3 heterocycles. The van der Waals surface area contributed by atoms with E-state index in [9.17, 15) is 0 Å². The van der Waals surface area contributed by atoms with Gasteiger partial charge in [-0.15, -0.1) is 0 Å². The number of nitrogens with zero attached hydrogens (tertiary/aromatic N) is 4. The molecule has 7 nitrogen and oxygen atoms in total. The zero-order valence-electron chi connectivity index (χ0n) is 10.5. The van der Waals surface area contributed by atoms with Crippen molar-refractivity contribution in [3.05, 3.63) is 36.7 Å². The van der Waals surface area contributed by atoms with Gasteiger partial charge in [-0.05, 0) is 17.6 Å². The zero-order chi connectivity index (χ0) is 13.8. The molecule has 0 saturated heterocycles. The van der Waals surface area contributed by atoms with Gasteiger partial charge in [0.25, 0.3) is 0 Å². The smallest absolute Gasteiger partial charge is 0.228 e. The predicted molar refractivity (Wildman–Crippen MR) is 76.2 cm³/mol. The van der Waals surface area contributed by atoms with Gasteiger partial charge in [-0.3, -0.25) is 4.98 Å². The topological polar surface area (TPSA) is 103 Å². The van der Waals surface area contributed by atoms with Crippen LogP contribution in [0, 0.1) is 0 Å². The van der Waals surface area contributed by atoms with Gasteiger partial charge in [0, 0.05) is 30.9 Å². The Morgan fingerprint density at radius 3 is 3.10 bits per heavy atom. The van der Waals surface area contributed by atoms with Gasteiger partial charge in [-0.2, -0.15) is 9.36 Å². The Morgan fingerprint density at radius 1 is 1.40 bits per heavy atom. The van der Waals surface area contributed by atoms with Gasteiger partial charge in [0.1, 0.15) is 10.8 Å². The summed E-state index contributed by atoms with van der Waals surface area (Å²) < 4.78 is 9.13. The van der Waals surface area contributed by atoms with Gasteiger partial charge >= 0.3 is 0 Å². The molecule has 20 heavy (non-hydrogen) atoms. The summed E-state index contributed by atoms with van der Waals surface area (Å²) in [5, 5.41) is 7.77. The average molecular weight is 288 g/mol. The second-order valence-electron chi connectivity index (χ2n) is 4.03. The number of nitrogen functional groups attached to an aromatic ring is 1. The minimum absolute atomic E-state index is 0.503. The van der Waals surface area contributed by atoms with Crippen molar-refractivity contribution >= 4 is 22.4 Å². The van der Waals surface area contributed by atoms with Crippen molar-refractivity contribution in [3.63, 3.8) is 0 Å². The minimum Gasteiger partial charge on any atom is -0.382 e. The molecule has 0 aliphatic heterocycles. The number of hydrogen-bond donors (Lipinski definition) is 2. The van der Waals surface area contributed by atoms with Crippen LogP contribution in [0.5, 0.6) is 0 Å². The highest BCUT2D eigenvalue weighted by Gasteiger charge is 2.13. The molecule has 3 aromatic heterocycles. The SMILES string of the molecule is Nc1nsc(NCCc2ncno2)c1-c1cccnc1. The first-order chi connectivity index (χ1) is 9.84. The lowest BCUT2D eigenvalue weighted by molar-refractivity contribution is 0.380. The highest BCUT2D eigenvalue weighted by Crippen LogP contribution is 2.36. The summed E-state index contributed by atoms with van der Waals surface area (Å²) in [5.41, 5.74) is 7.76. The third-order valence-corrected chi connectivity index (χ3v) is 3.52. The highest BCUT2D eigenvalue weighted by atomic mass is 32.1. The summed E-state index contributed by atoms with van der Waals surface area (Å²) in [6.45, 7) is 0.664. The number of aromatic nitrogens is 4. The van der Waals surface area contributed by atoms with E-state index in [0.29, 0.717) is 24.7 Å². The third kappa shape index (κ3) is 2.59. The van der Waals surface area contributed by atoms with Crippen molar-refractivity contribution in [1.82, 2.24) is 19.5 Å². The van der Waals surface area contributed by atoms with E-state index in [1.807, 2.05) is 12.1 Å². The van der Waals surface area contributed by atoms with Crippen LogP contribution in [0.2, 0.25) is 0 Å². The standard InChI is InChI=1S/C12H12N6OS/c13-11-10(8-2-1-4-14-6-8)12(20-18-11)15-5-3-9-16-7-17-19-9/h1-2,4,6-7,15H,3,5H2,(H2,13,18). The number of nitrogens with one attached hydrogen (secondary N) is 1. The van der Waals surface area contributed by atoms with E-state index in [1.165, 1.54) is 17.9 Å². The largest absolute Gasteiger partial charge is 0.382 e. The molecule has 102 valence electrons. The van der Waals surface area contributed by atoms with Crippen molar-refractivity contribution in [2.45, 2.75) is 6.42 Å². The molecule has 0 aliphatic carbocycles. The Labute approximate surface area is 119 Å². The van der Waals surface area contributed by atoms with Gasteiger partial charge in [-0.25, -0.2) is 0 Å². The fraction of sp³-hybridized carbons (Fsp3) is 0.167. The van der Waals surface area contributed by atoms with Crippen molar-refractivity contribution in [2.75, 3.05) is 17.6 Å². The second kappa shape index (κ2) is 5.66. The fourth-order valence-electron chi connectivity index (χ4n) is 1.80. The summed E-state index contributed by atoms with van der Waals surface area (Å²) in [7, 11) is 0. The summed E-state index contributed by atoms with van der Waals surface area (Å²) in [6.07, 6.45) is 5.52. The molecule has 0 aromatic carbocycles. The number of nitrogens with two attached hydrogens (primary N) is 1. The summed E-state index contributed by atoms with van der Waals surface area (Å²) in [4.78, 5) is 8.07. The first-order valence-corrected chi connectivity index (χ1v) is 6.77. The van der Waals surface area contributed by atoms with Gasteiger partial charge in [0.15, 0.2) is 6.33 Å². The Kier molecular flexibility index (Phi) is 3.55. The van der Waals surface area contributed by atoms with Crippen molar-refractivity contribution in [1.29, 1.82) is 0 Å². The van der Waals surface area contributed by atoms with Crippen LogP contribution in [-0.2, 0) is 6.42 Å². The van der Waals surface area contributed by atoms with E-state index in [-0.39, 0.29) is 0 Å². The predicted octanol–water partition coefficient (Wildman–Crippen LogP) is 1.82. The number of pyridine rings is 1. The van der Waals surface area contributed by atoms with E-state index in [1.54, 1.807) is 12.4 Å². The molecule has 0 saturated carbocycles. The first-order valence-electron chi connectivity index (χ1n) is 5.99. The molecule has 0 amide bonds. The molecule has 3 rings (SSSR count). The van der Waals surface area contributed by atoms with Gasteiger partial charge < -0.3 is 15.6 Å². The molecule has 3 aromatic rings. The maximum Gasteiger partial charge on any atom is 0.228 e. The Hall–Kier alpha value is -2.48. The lowest BCUT2D eigenvalue weighted by Gasteiger charge is -2.05. The molecule has 3 N–H and O–H groups in total. The lowest BCUT2D eigenvalue weighted by Crippen LogP contribution is -2.05. The molecule has 0 atom stereocenters. The quantitative estimate of drug-likeness (QED) is 0.738. The van der Waals surface area contributed by atoms with E-state index in [0.717, 1.165) is 16.1 Å². The summed E-state index contributed by atoms with van der Waals surface area (Å²) in [5.74, 6) is 1.10. The summed E-state index contributed by atoms with van der Waals surface area (Å²) >= 11 is 1.33. The van der Waals surface area contributed by atoms with Crippen LogP contribution in [-0.4, -0.2) is 26.0 Å². The first kappa shape index (κ1) is 12.5. The monoisotopic (exact) mass is 288 g/mol. The van der Waals surface area contributed by atoms with E-state index in [2.05, 4.69) is 24.8 Å². The molecule has 0 bridgehead atoms. The molecular formula is C12H12N6OS. The molecule has 0 spiro atoms. The van der Waals surface area contributed by atoms with E-state index < -0.39 is 0 Å². The molecule has 0 unspecified atom stereocenters. The molecule has 0 fully saturated rings.